The average Bonchev–Trinajstić information content (AvgIpc) is 3.03. The van der Waals surface area contributed by atoms with E-state index >= 15 is 0 Å². The normalized spacial score (nSPS) is 11.5. The van der Waals surface area contributed by atoms with Crippen LogP contribution in [-0.2, 0) is 10.0 Å². The fraction of sp³-hybridized carbons (Fsp3) is 0.0625. The molecule has 0 N–H and O–H groups in total. The lowest BCUT2D eigenvalue weighted by Crippen LogP contribution is -2.12. The Balaban J connectivity index is 2.29. The molecule has 0 unspecified atom stereocenters. The molecule has 0 aliphatic carbocycles. The van der Waals surface area contributed by atoms with Crippen LogP contribution in [0, 0.1) is 6.92 Å². The Morgan fingerprint density at radius 3 is 2.43 bits per heavy atom. The van der Waals surface area contributed by atoms with E-state index in [1.807, 2.05) is 43.3 Å². The Labute approximate surface area is 123 Å². The predicted molar refractivity (Wildman–Crippen MR) is 81.4 cm³/mol. The Kier molecular flexibility index (Phi) is 3.35. The van der Waals surface area contributed by atoms with Crippen molar-refractivity contribution in [1.29, 1.82) is 0 Å². The van der Waals surface area contributed by atoms with E-state index in [0.29, 0.717) is 0 Å². The molecule has 0 bridgehead atoms. The molecule has 0 saturated carbocycles. The summed E-state index contributed by atoms with van der Waals surface area (Å²) in [6, 6.07) is 14.8. The highest BCUT2D eigenvalue weighted by molar-refractivity contribution is 7.90. The molecule has 0 radical (unpaired) electrons. The molecule has 106 valence electrons. The van der Waals surface area contributed by atoms with Crippen molar-refractivity contribution >= 4 is 10.0 Å². The Morgan fingerprint density at radius 1 is 1.00 bits per heavy atom. The maximum Gasteiger partial charge on any atom is 0.269 e. The van der Waals surface area contributed by atoms with E-state index in [2.05, 4.69) is 4.98 Å². The van der Waals surface area contributed by atoms with Crippen molar-refractivity contribution in [2.45, 2.75) is 11.8 Å². The molecule has 3 rings (SSSR count). The van der Waals surface area contributed by atoms with Gasteiger partial charge in [0.2, 0.25) is 0 Å². The second-order valence-electron chi connectivity index (χ2n) is 4.71. The molecule has 5 heteroatoms. The Morgan fingerprint density at radius 2 is 1.76 bits per heavy atom. The number of aryl methyl sites for hydroxylation is 1. The first-order valence-electron chi connectivity index (χ1n) is 6.49. The highest BCUT2D eigenvalue weighted by atomic mass is 32.2. The number of rotatable bonds is 3. The third kappa shape index (κ3) is 2.36. The van der Waals surface area contributed by atoms with Crippen LogP contribution in [0.4, 0.5) is 0 Å². The van der Waals surface area contributed by atoms with Crippen molar-refractivity contribution in [2.75, 3.05) is 0 Å². The fourth-order valence-electron chi connectivity index (χ4n) is 2.33. The molecule has 0 spiro atoms. The van der Waals surface area contributed by atoms with Crippen LogP contribution >= 0.6 is 0 Å². The van der Waals surface area contributed by atoms with Gasteiger partial charge in [0.25, 0.3) is 10.0 Å². The molecule has 2 aromatic carbocycles. The summed E-state index contributed by atoms with van der Waals surface area (Å²) >= 11 is 0. The van der Waals surface area contributed by atoms with Crippen LogP contribution in [0.2, 0.25) is 0 Å². The van der Waals surface area contributed by atoms with E-state index in [1.165, 1.54) is 18.7 Å². The molecule has 3 aromatic rings. The van der Waals surface area contributed by atoms with E-state index in [4.69, 9.17) is 0 Å². The molecular formula is C16H14N2O2S. The standard InChI is InChI=1S/C16H14N2O2S/c1-13-6-5-9-15(16(13)14-7-3-2-4-8-14)21(19,20)18-11-10-17-12-18/h2-12H,1H3. The minimum atomic E-state index is -3.64. The molecule has 1 aromatic heterocycles. The van der Waals surface area contributed by atoms with Crippen molar-refractivity contribution in [3.8, 4) is 11.1 Å². The summed E-state index contributed by atoms with van der Waals surface area (Å²) in [6.07, 6.45) is 4.19. The number of aromatic nitrogens is 2. The largest absolute Gasteiger partial charge is 0.269 e. The lowest BCUT2D eigenvalue weighted by atomic mass is 10.0. The first kappa shape index (κ1) is 13.6. The lowest BCUT2D eigenvalue weighted by molar-refractivity contribution is 0.587. The molecule has 0 fully saturated rings. The van der Waals surface area contributed by atoms with E-state index in [9.17, 15) is 8.42 Å². The van der Waals surface area contributed by atoms with Crippen molar-refractivity contribution in [3.05, 3.63) is 72.8 Å². The van der Waals surface area contributed by atoms with Crippen molar-refractivity contribution in [2.24, 2.45) is 0 Å². The second kappa shape index (κ2) is 5.18. The smallest absolute Gasteiger partial charge is 0.244 e. The number of hydrogen-bond acceptors (Lipinski definition) is 3. The third-order valence-electron chi connectivity index (χ3n) is 3.33. The molecule has 1 heterocycles. The zero-order valence-corrected chi connectivity index (χ0v) is 12.3. The minimum absolute atomic E-state index is 0.284. The number of imidazole rings is 1. The molecule has 4 nitrogen and oxygen atoms in total. The molecule has 0 saturated heterocycles. The summed E-state index contributed by atoms with van der Waals surface area (Å²) in [4.78, 5) is 4.11. The number of benzene rings is 2. The van der Waals surface area contributed by atoms with Crippen LogP contribution in [0.5, 0.6) is 0 Å². The van der Waals surface area contributed by atoms with Gasteiger partial charge in [0.15, 0.2) is 0 Å². The predicted octanol–water partition coefficient (Wildman–Crippen LogP) is 3.10. The van der Waals surface area contributed by atoms with Gasteiger partial charge in [-0.3, -0.25) is 0 Å². The van der Waals surface area contributed by atoms with Gasteiger partial charge in [-0.1, -0.05) is 42.5 Å². The quantitative estimate of drug-likeness (QED) is 0.746. The Bertz CT molecular complexity index is 855. The first-order valence-corrected chi connectivity index (χ1v) is 7.93. The topological polar surface area (TPSA) is 52.0 Å². The van der Waals surface area contributed by atoms with Gasteiger partial charge >= 0.3 is 0 Å². The molecule has 21 heavy (non-hydrogen) atoms. The van der Waals surface area contributed by atoms with Crippen LogP contribution in [-0.4, -0.2) is 17.4 Å². The van der Waals surface area contributed by atoms with Gasteiger partial charge in [-0.25, -0.2) is 17.4 Å². The van der Waals surface area contributed by atoms with Crippen molar-refractivity contribution in [1.82, 2.24) is 8.96 Å². The summed E-state index contributed by atoms with van der Waals surface area (Å²) in [5.41, 5.74) is 2.53. The molecule has 0 aliphatic rings. The van der Waals surface area contributed by atoms with Crippen LogP contribution in [0.15, 0.2) is 72.1 Å². The number of nitrogens with zero attached hydrogens (tertiary/aromatic N) is 2. The number of hydrogen-bond donors (Lipinski definition) is 0. The summed E-state index contributed by atoms with van der Waals surface area (Å²) < 4.78 is 26.7. The molecule has 0 amide bonds. The van der Waals surface area contributed by atoms with Crippen LogP contribution in [0.1, 0.15) is 5.56 Å². The van der Waals surface area contributed by atoms with Crippen molar-refractivity contribution < 1.29 is 8.42 Å². The maximum absolute atomic E-state index is 12.8. The van der Waals surface area contributed by atoms with Crippen LogP contribution in [0.25, 0.3) is 11.1 Å². The third-order valence-corrected chi connectivity index (χ3v) is 5.00. The van der Waals surface area contributed by atoms with E-state index in [-0.39, 0.29) is 4.90 Å². The van der Waals surface area contributed by atoms with E-state index in [0.717, 1.165) is 20.7 Å². The average molecular weight is 298 g/mol. The lowest BCUT2D eigenvalue weighted by Gasteiger charge is -2.13. The minimum Gasteiger partial charge on any atom is -0.244 e. The molecule has 0 atom stereocenters. The highest BCUT2D eigenvalue weighted by Crippen LogP contribution is 2.31. The summed E-state index contributed by atoms with van der Waals surface area (Å²) in [7, 11) is -3.64. The van der Waals surface area contributed by atoms with Gasteiger partial charge in [-0.15, -0.1) is 0 Å². The van der Waals surface area contributed by atoms with Gasteiger partial charge in [0, 0.05) is 18.0 Å². The zero-order valence-electron chi connectivity index (χ0n) is 11.5. The highest BCUT2D eigenvalue weighted by Gasteiger charge is 2.22. The molecule has 0 aliphatic heterocycles. The maximum atomic E-state index is 12.8. The van der Waals surface area contributed by atoms with Crippen LogP contribution < -0.4 is 0 Å². The van der Waals surface area contributed by atoms with Gasteiger partial charge in [0.05, 0.1) is 4.90 Å². The van der Waals surface area contributed by atoms with E-state index < -0.39 is 10.0 Å². The monoisotopic (exact) mass is 298 g/mol. The SMILES string of the molecule is Cc1cccc(S(=O)(=O)n2ccnc2)c1-c1ccccc1. The fourth-order valence-corrected chi connectivity index (χ4v) is 3.74. The van der Waals surface area contributed by atoms with E-state index in [1.54, 1.807) is 12.1 Å². The zero-order chi connectivity index (χ0) is 14.9. The summed E-state index contributed by atoms with van der Waals surface area (Å²) in [6.45, 7) is 1.91. The second-order valence-corrected chi connectivity index (χ2v) is 6.52. The molecular weight excluding hydrogens is 284 g/mol. The first-order chi connectivity index (χ1) is 10.1. The van der Waals surface area contributed by atoms with Crippen LogP contribution in [0.3, 0.4) is 0 Å². The summed E-state index contributed by atoms with van der Waals surface area (Å²) in [5.74, 6) is 0. The summed E-state index contributed by atoms with van der Waals surface area (Å²) in [5, 5.41) is 0. The van der Waals surface area contributed by atoms with Gasteiger partial charge < -0.3 is 0 Å². The Hall–Kier alpha value is -2.40. The van der Waals surface area contributed by atoms with Gasteiger partial charge in [-0.2, -0.15) is 0 Å². The van der Waals surface area contributed by atoms with Gasteiger partial charge in [-0.05, 0) is 24.1 Å². The van der Waals surface area contributed by atoms with Crippen molar-refractivity contribution in [3.63, 3.8) is 0 Å². The van der Waals surface area contributed by atoms with Gasteiger partial charge in [0.1, 0.15) is 6.33 Å².